The highest BCUT2D eigenvalue weighted by Gasteiger charge is 2.39. The van der Waals surface area contributed by atoms with E-state index in [1.165, 1.54) is 5.56 Å². The van der Waals surface area contributed by atoms with Crippen molar-refractivity contribution in [2.45, 2.75) is 33.1 Å². The molecule has 5 heteroatoms. The van der Waals surface area contributed by atoms with E-state index in [0.717, 1.165) is 22.2 Å². The van der Waals surface area contributed by atoms with E-state index in [-0.39, 0.29) is 17.0 Å². The van der Waals surface area contributed by atoms with E-state index in [9.17, 15) is 9.59 Å². The maximum absolute atomic E-state index is 13.3. The number of fused-ring (bicyclic) bond motifs is 5. The van der Waals surface area contributed by atoms with Crippen molar-refractivity contribution < 1.29 is 9.59 Å². The van der Waals surface area contributed by atoms with E-state index < -0.39 is 4.95 Å². The first-order valence-electron chi connectivity index (χ1n) is 10.1. The van der Waals surface area contributed by atoms with Crippen LogP contribution >= 0.6 is 27.2 Å². The van der Waals surface area contributed by atoms with Crippen molar-refractivity contribution in [3.63, 3.8) is 0 Å². The number of ketones is 2. The maximum atomic E-state index is 13.3. The van der Waals surface area contributed by atoms with Crippen LogP contribution in [0.15, 0.2) is 54.6 Å². The minimum Gasteiger partial charge on any atom is -0.289 e. The molecule has 0 saturated heterocycles. The summed E-state index contributed by atoms with van der Waals surface area (Å²) in [6, 6.07) is 17.3. The summed E-state index contributed by atoms with van der Waals surface area (Å²) < 4.78 is 0. The average Bonchev–Trinajstić information content (AvgIpc) is 2.99. The SMILES string of the molecule is CC.CC1(C)c2ccccc2-c2cc3c(cc21)C(=O)c1cc(B(Cl)Br)ccc1C3=O. The minimum absolute atomic E-state index is 0.109. The van der Waals surface area contributed by atoms with E-state index in [4.69, 9.17) is 11.5 Å². The first kappa shape index (κ1) is 21.1. The second-order valence-electron chi connectivity index (χ2n) is 7.88. The van der Waals surface area contributed by atoms with Crippen LogP contribution in [0, 0.1) is 0 Å². The molecule has 5 rings (SSSR count). The molecule has 2 aliphatic rings. The topological polar surface area (TPSA) is 34.1 Å². The normalized spacial score (nSPS) is 14.7. The molecule has 0 aromatic heterocycles. The lowest BCUT2D eigenvalue weighted by Gasteiger charge is -2.24. The van der Waals surface area contributed by atoms with Crippen molar-refractivity contribution in [2.24, 2.45) is 0 Å². The molecule has 3 aromatic rings. The van der Waals surface area contributed by atoms with Gasteiger partial charge in [0.25, 0.3) is 0 Å². The monoisotopic (exact) mass is 478 g/mol. The van der Waals surface area contributed by atoms with Gasteiger partial charge in [0, 0.05) is 27.7 Å². The molecule has 0 atom stereocenters. The zero-order valence-electron chi connectivity index (χ0n) is 17.3. The van der Waals surface area contributed by atoms with E-state index in [2.05, 4.69) is 41.7 Å². The Balaban J connectivity index is 0.00000106. The summed E-state index contributed by atoms with van der Waals surface area (Å²) in [5.41, 5.74) is 6.86. The molecule has 0 fully saturated rings. The second kappa shape index (κ2) is 7.51. The molecular formula is C25H21BBrClO2. The summed E-state index contributed by atoms with van der Waals surface area (Å²) in [4.78, 5) is 26.1. The van der Waals surface area contributed by atoms with Crippen LogP contribution in [-0.4, -0.2) is 16.5 Å². The van der Waals surface area contributed by atoms with Crippen LogP contribution in [0.1, 0.15) is 70.7 Å². The third-order valence-electron chi connectivity index (χ3n) is 6.00. The quantitative estimate of drug-likeness (QED) is 0.308. The highest BCUT2D eigenvalue weighted by Crippen LogP contribution is 2.50. The Morgan fingerprint density at radius 1 is 0.733 bits per heavy atom. The zero-order valence-corrected chi connectivity index (χ0v) is 19.7. The highest BCUT2D eigenvalue weighted by atomic mass is 79.9. The fraction of sp³-hybridized carbons (Fsp3) is 0.200. The van der Waals surface area contributed by atoms with E-state index in [1.54, 1.807) is 18.2 Å². The number of halogens is 2. The van der Waals surface area contributed by atoms with Crippen molar-refractivity contribution in [2.75, 3.05) is 0 Å². The predicted octanol–water partition coefficient (Wildman–Crippen LogP) is 6.12. The van der Waals surface area contributed by atoms with Gasteiger partial charge in [-0.1, -0.05) is 70.2 Å². The number of benzene rings is 3. The fourth-order valence-electron chi connectivity index (χ4n) is 4.50. The van der Waals surface area contributed by atoms with Gasteiger partial charge >= 0.3 is 4.95 Å². The zero-order chi connectivity index (χ0) is 21.8. The van der Waals surface area contributed by atoms with Gasteiger partial charge in [0.2, 0.25) is 0 Å². The van der Waals surface area contributed by atoms with Crippen molar-refractivity contribution in [1.82, 2.24) is 0 Å². The van der Waals surface area contributed by atoms with Gasteiger partial charge < -0.3 is 0 Å². The van der Waals surface area contributed by atoms with Crippen LogP contribution in [0.4, 0.5) is 0 Å². The van der Waals surface area contributed by atoms with Gasteiger partial charge in [-0.3, -0.25) is 9.59 Å². The summed E-state index contributed by atoms with van der Waals surface area (Å²) in [7, 11) is 0. The molecule has 30 heavy (non-hydrogen) atoms. The van der Waals surface area contributed by atoms with Crippen molar-refractivity contribution >= 4 is 49.2 Å². The van der Waals surface area contributed by atoms with Crippen LogP contribution in [0.25, 0.3) is 11.1 Å². The third kappa shape index (κ3) is 2.92. The molecule has 0 bridgehead atoms. The molecule has 0 amide bonds. The molecule has 150 valence electrons. The Labute approximate surface area is 190 Å². The Kier molecular flexibility index (Phi) is 5.28. The molecule has 0 spiro atoms. The summed E-state index contributed by atoms with van der Waals surface area (Å²) in [6.07, 6.45) is 0. The molecular weight excluding hydrogens is 458 g/mol. The van der Waals surface area contributed by atoms with Crippen LogP contribution < -0.4 is 5.46 Å². The number of rotatable bonds is 1. The Morgan fingerprint density at radius 2 is 1.33 bits per heavy atom. The van der Waals surface area contributed by atoms with Gasteiger partial charge in [0.15, 0.2) is 11.6 Å². The number of hydrogen-bond donors (Lipinski definition) is 0. The van der Waals surface area contributed by atoms with E-state index in [0.29, 0.717) is 22.3 Å². The maximum Gasteiger partial charge on any atom is 0.356 e. The molecule has 0 aliphatic heterocycles. The predicted molar refractivity (Wildman–Crippen MR) is 129 cm³/mol. The first-order valence-corrected chi connectivity index (χ1v) is 11.5. The number of hydrogen-bond acceptors (Lipinski definition) is 2. The average molecular weight is 480 g/mol. The summed E-state index contributed by atoms with van der Waals surface area (Å²) in [5, 5.41) is 0. The van der Waals surface area contributed by atoms with Gasteiger partial charge in [-0.2, -0.15) is 11.5 Å². The molecule has 2 nitrogen and oxygen atoms in total. The Morgan fingerprint density at radius 3 is 2.03 bits per heavy atom. The van der Waals surface area contributed by atoms with Crippen LogP contribution in [0.5, 0.6) is 0 Å². The lowest BCUT2D eigenvalue weighted by Crippen LogP contribution is -2.27. The van der Waals surface area contributed by atoms with E-state index in [1.807, 2.05) is 38.1 Å². The van der Waals surface area contributed by atoms with E-state index >= 15 is 0 Å². The highest BCUT2D eigenvalue weighted by molar-refractivity contribution is 9.26. The fourth-order valence-corrected chi connectivity index (χ4v) is 4.92. The van der Waals surface area contributed by atoms with Crippen molar-refractivity contribution in [3.05, 3.63) is 88.0 Å². The molecule has 0 heterocycles. The van der Waals surface area contributed by atoms with Gasteiger partial charge in [0.05, 0.1) is 0 Å². The smallest absolute Gasteiger partial charge is 0.289 e. The number of carbonyl (C=O) groups excluding carboxylic acids is 2. The first-order chi connectivity index (χ1) is 14.3. The summed E-state index contributed by atoms with van der Waals surface area (Å²) in [5.74, 6) is -0.229. The van der Waals surface area contributed by atoms with Crippen LogP contribution in [0.2, 0.25) is 0 Å². The Hall–Kier alpha value is -2.17. The number of carbonyl (C=O) groups is 2. The molecule has 0 saturated carbocycles. The molecule has 2 aliphatic carbocycles. The standard InChI is InChI=1S/C23H15BBrClO2.C2H6/c1-23(2)19-6-4-3-5-13(19)15-10-17-18(11-20(15)23)22(28)16-9-12(24(25)26)7-8-14(16)21(17)27;1-2/h3-11H,1-2H3;1-2H3. The molecule has 0 radical (unpaired) electrons. The minimum atomic E-state index is -0.407. The lowest BCUT2D eigenvalue weighted by molar-refractivity contribution is 0.0979. The molecule has 0 unspecified atom stereocenters. The Bertz CT molecular complexity index is 1210. The van der Waals surface area contributed by atoms with Crippen LogP contribution in [0.3, 0.4) is 0 Å². The largest absolute Gasteiger partial charge is 0.356 e. The second-order valence-corrected chi connectivity index (χ2v) is 9.76. The van der Waals surface area contributed by atoms with Crippen molar-refractivity contribution in [1.29, 1.82) is 0 Å². The van der Waals surface area contributed by atoms with Gasteiger partial charge in [0.1, 0.15) is 0 Å². The molecule has 0 N–H and O–H groups in total. The lowest BCUT2D eigenvalue weighted by atomic mass is 9.77. The van der Waals surface area contributed by atoms with Crippen molar-refractivity contribution in [3.8, 4) is 11.1 Å². The summed E-state index contributed by atoms with van der Waals surface area (Å²) >= 11 is 9.43. The summed E-state index contributed by atoms with van der Waals surface area (Å²) in [6.45, 7) is 8.32. The van der Waals surface area contributed by atoms with Crippen LogP contribution in [-0.2, 0) is 5.41 Å². The van der Waals surface area contributed by atoms with Gasteiger partial charge in [-0.25, -0.2) is 0 Å². The van der Waals surface area contributed by atoms with Gasteiger partial charge in [-0.15, -0.1) is 15.8 Å². The third-order valence-corrected chi connectivity index (χ3v) is 6.78. The van der Waals surface area contributed by atoms with Gasteiger partial charge in [-0.05, 0) is 39.8 Å². The molecule has 3 aromatic carbocycles.